The van der Waals surface area contributed by atoms with Crippen LogP contribution in [0.1, 0.15) is 33.3 Å². The number of sulfonamides is 1. The Morgan fingerprint density at radius 2 is 1.55 bits per heavy atom. The zero-order chi connectivity index (χ0) is 23.2. The van der Waals surface area contributed by atoms with Crippen LogP contribution in [0, 0.1) is 0 Å². The van der Waals surface area contributed by atoms with Crippen LogP contribution < -0.4 is 14.8 Å². The number of carbonyl (C=O) groups excluding carboxylic acids is 1. The molecule has 8 heteroatoms. The summed E-state index contributed by atoms with van der Waals surface area (Å²) in [6, 6.07) is 13.9. The summed E-state index contributed by atoms with van der Waals surface area (Å²) in [6.45, 7) is 8.66. The Kier molecular flexibility index (Phi) is 8.08. The number of carbonyl (C=O) groups is 1. The van der Waals surface area contributed by atoms with Crippen LogP contribution in [-0.4, -0.2) is 52.0 Å². The van der Waals surface area contributed by atoms with E-state index in [0.717, 1.165) is 4.31 Å². The van der Waals surface area contributed by atoms with Gasteiger partial charge in [0.1, 0.15) is 18.1 Å². The molecule has 0 bridgehead atoms. The Morgan fingerprint density at radius 3 is 2.06 bits per heavy atom. The molecule has 2 rings (SSSR count). The van der Waals surface area contributed by atoms with Crippen molar-refractivity contribution in [3.8, 4) is 11.5 Å². The van der Waals surface area contributed by atoms with Gasteiger partial charge in [0.2, 0.25) is 10.0 Å². The summed E-state index contributed by atoms with van der Waals surface area (Å²) in [5, 5.41) is 2.77. The van der Waals surface area contributed by atoms with Gasteiger partial charge in [-0.25, -0.2) is 12.7 Å². The molecule has 1 unspecified atom stereocenters. The fourth-order valence-electron chi connectivity index (χ4n) is 2.70. The van der Waals surface area contributed by atoms with Crippen molar-refractivity contribution < 1.29 is 22.7 Å². The first-order chi connectivity index (χ1) is 14.4. The molecule has 1 atom stereocenters. The van der Waals surface area contributed by atoms with E-state index in [0.29, 0.717) is 18.0 Å². The molecule has 1 amide bonds. The number of amides is 1. The highest BCUT2D eigenvalue weighted by Crippen LogP contribution is 2.24. The molecule has 0 aromatic heterocycles. The molecule has 0 spiro atoms. The van der Waals surface area contributed by atoms with Crippen molar-refractivity contribution in [1.29, 1.82) is 0 Å². The lowest BCUT2D eigenvalue weighted by atomic mass is 9.87. The molecule has 0 aliphatic heterocycles. The van der Waals surface area contributed by atoms with Crippen LogP contribution in [0.25, 0.3) is 0 Å². The van der Waals surface area contributed by atoms with E-state index in [1.807, 2.05) is 24.3 Å². The first-order valence-corrected chi connectivity index (χ1v) is 11.6. The number of nitrogens with one attached hydrogen (secondary N) is 1. The van der Waals surface area contributed by atoms with Gasteiger partial charge >= 0.3 is 0 Å². The lowest BCUT2D eigenvalue weighted by Gasteiger charge is -2.20. The van der Waals surface area contributed by atoms with E-state index in [4.69, 9.17) is 9.47 Å². The predicted molar refractivity (Wildman–Crippen MR) is 121 cm³/mol. The molecular weight excluding hydrogens is 416 g/mol. The Bertz CT molecular complexity index is 963. The second kappa shape index (κ2) is 10.2. The van der Waals surface area contributed by atoms with Gasteiger partial charge in [-0.15, -0.1) is 0 Å². The largest absolute Gasteiger partial charge is 0.492 e. The molecular formula is C23H32N2O5S. The second-order valence-corrected chi connectivity index (χ2v) is 10.6. The van der Waals surface area contributed by atoms with Crippen molar-refractivity contribution in [3.63, 3.8) is 0 Å². The van der Waals surface area contributed by atoms with E-state index in [1.54, 1.807) is 19.1 Å². The van der Waals surface area contributed by atoms with Crippen molar-refractivity contribution >= 4 is 15.9 Å². The highest BCUT2D eigenvalue weighted by molar-refractivity contribution is 7.89. The predicted octanol–water partition coefficient (Wildman–Crippen LogP) is 3.20. The Morgan fingerprint density at radius 1 is 1.00 bits per heavy atom. The molecule has 31 heavy (non-hydrogen) atoms. The smallest absolute Gasteiger partial charge is 0.260 e. The van der Waals surface area contributed by atoms with Gasteiger partial charge in [0.25, 0.3) is 5.91 Å². The van der Waals surface area contributed by atoms with Gasteiger partial charge in [-0.2, -0.15) is 0 Å². The molecule has 7 nitrogen and oxygen atoms in total. The van der Waals surface area contributed by atoms with Crippen LogP contribution in [-0.2, 0) is 20.2 Å². The number of benzene rings is 2. The molecule has 0 saturated carbocycles. The van der Waals surface area contributed by atoms with Gasteiger partial charge in [-0.05, 0) is 54.3 Å². The van der Waals surface area contributed by atoms with E-state index in [1.165, 1.54) is 31.8 Å². The molecule has 0 fully saturated rings. The summed E-state index contributed by atoms with van der Waals surface area (Å²) in [7, 11) is -0.508. The SMILES string of the molecule is CC(Oc1ccc(C(C)(C)C)cc1)C(=O)NCCOc1ccc(S(=O)(=O)N(C)C)cc1. The molecule has 2 aromatic rings. The summed E-state index contributed by atoms with van der Waals surface area (Å²) in [4.78, 5) is 12.4. The Balaban J connectivity index is 1.77. The standard InChI is InChI=1S/C23H32N2O5S/c1-17(30-20-9-7-18(8-10-20)23(2,3)4)22(26)24-15-16-29-19-11-13-21(14-12-19)31(27,28)25(5)6/h7-14,17H,15-16H2,1-6H3,(H,24,26). The van der Waals surface area contributed by atoms with Gasteiger partial charge in [-0.3, -0.25) is 4.79 Å². The summed E-state index contributed by atoms with van der Waals surface area (Å²) in [6.07, 6.45) is -0.643. The van der Waals surface area contributed by atoms with Crippen molar-refractivity contribution in [2.75, 3.05) is 27.2 Å². The minimum Gasteiger partial charge on any atom is -0.492 e. The van der Waals surface area contributed by atoms with Crippen LogP contribution in [0.3, 0.4) is 0 Å². The summed E-state index contributed by atoms with van der Waals surface area (Å²) in [5.41, 5.74) is 1.25. The molecule has 0 heterocycles. The first-order valence-electron chi connectivity index (χ1n) is 10.1. The number of nitrogens with zero attached hydrogens (tertiary/aromatic N) is 1. The number of rotatable bonds is 9. The molecule has 0 aliphatic rings. The van der Waals surface area contributed by atoms with Crippen molar-refractivity contribution in [3.05, 3.63) is 54.1 Å². The van der Waals surface area contributed by atoms with Crippen LogP contribution in [0.2, 0.25) is 0 Å². The van der Waals surface area contributed by atoms with E-state index in [2.05, 4.69) is 26.1 Å². The third-order valence-electron chi connectivity index (χ3n) is 4.67. The number of hydrogen-bond donors (Lipinski definition) is 1. The molecule has 0 saturated heterocycles. The van der Waals surface area contributed by atoms with Crippen molar-refractivity contribution in [2.24, 2.45) is 0 Å². The highest BCUT2D eigenvalue weighted by Gasteiger charge is 2.18. The maximum atomic E-state index is 12.2. The lowest BCUT2D eigenvalue weighted by molar-refractivity contribution is -0.127. The van der Waals surface area contributed by atoms with E-state index in [-0.39, 0.29) is 22.8 Å². The molecule has 2 aromatic carbocycles. The fraction of sp³-hybridized carbons (Fsp3) is 0.435. The van der Waals surface area contributed by atoms with Crippen LogP contribution in [0.5, 0.6) is 11.5 Å². The Labute approximate surface area is 185 Å². The average Bonchev–Trinajstić information content (AvgIpc) is 2.71. The molecule has 170 valence electrons. The third-order valence-corrected chi connectivity index (χ3v) is 6.50. The number of hydrogen-bond acceptors (Lipinski definition) is 5. The average molecular weight is 449 g/mol. The zero-order valence-electron chi connectivity index (χ0n) is 19.0. The van der Waals surface area contributed by atoms with Crippen molar-refractivity contribution in [1.82, 2.24) is 9.62 Å². The Hall–Kier alpha value is -2.58. The first kappa shape index (κ1) is 24.7. The lowest BCUT2D eigenvalue weighted by Crippen LogP contribution is -2.38. The highest BCUT2D eigenvalue weighted by atomic mass is 32.2. The van der Waals surface area contributed by atoms with E-state index < -0.39 is 16.1 Å². The molecule has 1 N–H and O–H groups in total. The zero-order valence-corrected chi connectivity index (χ0v) is 19.8. The maximum Gasteiger partial charge on any atom is 0.260 e. The van der Waals surface area contributed by atoms with Crippen LogP contribution >= 0.6 is 0 Å². The summed E-state index contributed by atoms with van der Waals surface area (Å²) in [5.74, 6) is 0.922. The monoisotopic (exact) mass is 448 g/mol. The van der Waals surface area contributed by atoms with Crippen LogP contribution in [0.15, 0.2) is 53.4 Å². The minimum atomic E-state index is -3.47. The third kappa shape index (κ3) is 6.97. The minimum absolute atomic E-state index is 0.0580. The summed E-state index contributed by atoms with van der Waals surface area (Å²) >= 11 is 0. The second-order valence-electron chi connectivity index (χ2n) is 8.43. The normalized spacial score (nSPS) is 13.0. The van der Waals surface area contributed by atoms with Gasteiger partial charge in [0.15, 0.2) is 6.10 Å². The van der Waals surface area contributed by atoms with Gasteiger partial charge < -0.3 is 14.8 Å². The van der Waals surface area contributed by atoms with E-state index >= 15 is 0 Å². The van der Waals surface area contributed by atoms with Crippen molar-refractivity contribution in [2.45, 2.75) is 44.1 Å². The fourth-order valence-corrected chi connectivity index (χ4v) is 3.60. The topological polar surface area (TPSA) is 84.9 Å². The quantitative estimate of drug-likeness (QED) is 0.596. The number of ether oxygens (including phenoxy) is 2. The maximum absolute atomic E-state index is 12.2. The van der Waals surface area contributed by atoms with Gasteiger partial charge in [-0.1, -0.05) is 32.9 Å². The van der Waals surface area contributed by atoms with Gasteiger partial charge in [0, 0.05) is 14.1 Å². The van der Waals surface area contributed by atoms with Gasteiger partial charge in [0.05, 0.1) is 11.4 Å². The summed E-state index contributed by atoms with van der Waals surface area (Å²) < 4.78 is 36.5. The molecule has 0 radical (unpaired) electrons. The van der Waals surface area contributed by atoms with Crippen LogP contribution in [0.4, 0.5) is 0 Å². The molecule has 0 aliphatic carbocycles. The van der Waals surface area contributed by atoms with E-state index in [9.17, 15) is 13.2 Å².